The first-order chi connectivity index (χ1) is 15.2. The summed E-state index contributed by atoms with van der Waals surface area (Å²) in [5, 5.41) is 12.2. The molecule has 172 valence electrons. The van der Waals surface area contributed by atoms with Gasteiger partial charge in [0.05, 0.1) is 16.1 Å². The standard InChI is InChI=1S/C22H23F3N2O4S/c1-2-15-5-8-17(9-6-15)32(29,30)20-14-27-19-10-7-16(31-22(23,24)25)13-18(19)21(20)26-11-3-4-12-28/h5-10,13-14,28H,2-4,11-12H2,1H3,(H,26,27). The fraction of sp³-hybridized carbons (Fsp3) is 0.318. The SMILES string of the molecule is CCc1ccc(S(=O)(=O)c2cnc3ccc(OC(F)(F)F)cc3c2NCCCCO)cc1. The second-order valence-electron chi connectivity index (χ2n) is 7.08. The second kappa shape index (κ2) is 9.74. The third-order valence-electron chi connectivity index (χ3n) is 4.86. The average molecular weight is 468 g/mol. The van der Waals surface area contributed by atoms with Crippen LogP contribution in [0.1, 0.15) is 25.3 Å². The van der Waals surface area contributed by atoms with Gasteiger partial charge in [0.2, 0.25) is 9.84 Å². The fourth-order valence-electron chi connectivity index (χ4n) is 3.22. The van der Waals surface area contributed by atoms with Crippen molar-refractivity contribution in [2.75, 3.05) is 18.5 Å². The van der Waals surface area contributed by atoms with E-state index in [4.69, 9.17) is 5.11 Å². The third-order valence-corrected chi connectivity index (χ3v) is 6.64. The molecular weight excluding hydrogens is 445 g/mol. The van der Waals surface area contributed by atoms with Crippen LogP contribution >= 0.6 is 0 Å². The monoisotopic (exact) mass is 468 g/mol. The van der Waals surface area contributed by atoms with Crippen molar-refractivity contribution < 1.29 is 31.4 Å². The predicted molar refractivity (Wildman–Crippen MR) is 115 cm³/mol. The third kappa shape index (κ3) is 5.49. The first kappa shape index (κ1) is 23.8. The molecule has 2 N–H and O–H groups in total. The number of nitrogens with one attached hydrogen (secondary N) is 1. The smallest absolute Gasteiger partial charge is 0.406 e. The number of benzene rings is 2. The van der Waals surface area contributed by atoms with E-state index in [0.717, 1.165) is 24.1 Å². The van der Waals surface area contributed by atoms with Crippen molar-refractivity contribution in [1.29, 1.82) is 0 Å². The van der Waals surface area contributed by atoms with Crippen molar-refractivity contribution >= 4 is 26.4 Å². The van der Waals surface area contributed by atoms with Crippen LogP contribution in [-0.4, -0.2) is 38.0 Å². The fourth-order valence-corrected chi connectivity index (χ4v) is 4.61. The lowest BCUT2D eigenvalue weighted by Gasteiger charge is -2.16. The summed E-state index contributed by atoms with van der Waals surface area (Å²) >= 11 is 0. The second-order valence-corrected chi connectivity index (χ2v) is 9.00. The molecule has 3 aromatic rings. The van der Waals surface area contributed by atoms with Crippen molar-refractivity contribution in [2.24, 2.45) is 0 Å². The summed E-state index contributed by atoms with van der Waals surface area (Å²) in [5.41, 5.74) is 1.42. The number of rotatable bonds is 9. The van der Waals surface area contributed by atoms with Gasteiger partial charge in [-0.1, -0.05) is 19.1 Å². The maximum absolute atomic E-state index is 13.4. The van der Waals surface area contributed by atoms with Crippen LogP contribution in [0.25, 0.3) is 10.9 Å². The Balaban J connectivity index is 2.14. The largest absolute Gasteiger partial charge is 0.573 e. The number of fused-ring (bicyclic) bond motifs is 1. The molecule has 0 bridgehead atoms. The van der Waals surface area contributed by atoms with E-state index in [2.05, 4.69) is 15.0 Å². The number of pyridine rings is 1. The Kier molecular flexibility index (Phi) is 7.25. The average Bonchev–Trinajstić information content (AvgIpc) is 2.75. The summed E-state index contributed by atoms with van der Waals surface area (Å²) in [6, 6.07) is 9.99. The van der Waals surface area contributed by atoms with Crippen LogP contribution < -0.4 is 10.1 Å². The van der Waals surface area contributed by atoms with E-state index in [1.165, 1.54) is 24.4 Å². The maximum Gasteiger partial charge on any atom is 0.573 e. The van der Waals surface area contributed by atoms with E-state index < -0.39 is 21.9 Å². The Bertz CT molecular complexity index is 1180. The van der Waals surface area contributed by atoms with Gasteiger partial charge in [-0.2, -0.15) is 0 Å². The Hall–Kier alpha value is -2.85. The molecule has 0 amide bonds. The molecule has 2 aromatic carbocycles. The Morgan fingerprint density at radius 2 is 1.81 bits per heavy atom. The highest BCUT2D eigenvalue weighted by Crippen LogP contribution is 2.36. The van der Waals surface area contributed by atoms with E-state index in [9.17, 15) is 21.6 Å². The number of hydrogen-bond donors (Lipinski definition) is 2. The van der Waals surface area contributed by atoms with Gasteiger partial charge in [-0.3, -0.25) is 4.98 Å². The van der Waals surface area contributed by atoms with Gasteiger partial charge < -0.3 is 15.2 Å². The van der Waals surface area contributed by atoms with Crippen LogP contribution in [-0.2, 0) is 16.3 Å². The number of aliphatic hydroxyl groups excluding tert-OH is 1. The van der Waals surface area contributed by atoms with E-state index in [-0.39, 0.29) is 27.5 Å². The van der Waals surface area contributed by atoms with Crippen molar-refractivity contribution in [3.05, 3.63) is 54.2 Å². The molecule has 0 aliphatic rings. The number of aromatic nitrogens is 1. The van der Waals surface area contributed by atoms with Crippen molar-refractivity contribution in [1.82, 2.24) is 4.98 Å². The van der Waals surface area contributed by atoms with Gasteiger partial charge in [0.25, 0.3) is 0 Å². The number of sulfone groups is 1. The zero-order valence-electron chi connectivity index (χ0n) is 17.3. The molecular formula is C22H23F3N2O4S. The van der Waals surface area contributed by atoms with Crippen LogP contribution in [0.2, 0.25) is 0 Å². The van der Waals surface area contributed by atoms with Crippen molar-refractivity contribution in [3.63, 3.8) is 0 Å². The summed E-state index contributed by atoms with van der Waals surface area (Å²) in [4.78, 5) is 4.06. The highest BCUT2D eigenvalue weighted by Gasteiger charge is 2.31. The molecule has 0 saturated carbocycles. The molecule has 1 aromatic heterocycles. The summed E-state index contributed by atoms with van der Waals surface area (Å²) in [5.74, 6) is -0.480. The Morgan fingerprint density at radius 3 is 2.44 bits per heavy atom. The zero-order chi connectivity index (χ0) is 23.4. The minimum absolute atomic E-state index is 0.0305. The molecule has 0 spiro atoms. The van der Waals surface area contributed by atoms with Gasteiger partial charge >= 0.3 is 6.36 Å². The maximum atomic E-state index is 13.4. The van der Waals surface area contributed by atoms with Gasteiger partial charge in [0, 0.05) is 24.7 Å². The van der Waals surface area contributed by atoms with Crippen LogP contribution in [0.4, 0.5) is 18.9 Å². The molecule has 10 heteroatoms. The molecule has 0 aliphatic heterocycles. The zero-order valence-corrected chi connectivity index (χ0v) is 18.1. The van der Waals surface area contributed by atoms with Crippen LogP contribution in [0.15, 0.2) is 58.5 Å². The highest BCUT2D eigenvalue weighted by atomic mass is 32.2. The van der Waals surface area contributed by atoms with Crippen LogP contribution in [0.3, 0.4) is 0 Å². The van der Waals surface area contributed by atoms with E-state index >= 15 is 0 Å². The number of ether oxygens (including phenoxy) is 1. The van der Waals surface area contributed by atoms with E-state index in [0.29, 0.717) is 24.9 Å². The number of aryl methyl sites for hydroxylation is 1. The van der Waals surface area contributed by atoms with Crippen LogP contribution in [0, 0.1) is 0 Å². The molecule has 6 nitrogen and oxygen atoms in total. The predicted octanol–water partition coefficient (Wildman–Crippen LogP) is 4.71. The minimum Gasteiger partial charge on any atom is -0.406 e. The molecule has 3 rings (SSSR count). The van der Waals surface area contributed by atoms with Gasteiger partial charge in [-0.05, 0) is 55.2 Å². The lowest BCUT2D eigenvalue weighted by molar-refractivity contribution is -0.274. The first-order valence-electron chi connectivity index (χ1n) is 10.0. The van der Waals surface area contributed by atoms with Crippen molar-refractivity contribution in [2.45, 2.75) is 42.3 Å². The molecule has 0 unspecified atom stereocenters. The number of hydrogen-bond acceptors (Lipinski definition) is 6. The summed E-state index contributed by atoms with van der Waals surface area (Å²) < 4.78 is 68.9. The Morgan fingerprint density at radius 1 is 1.09 bits per heavy atom. The quantitative estimate of drug-likeness (QED) is 0.442. The number of alkyl halides is 3. The topological polar surface area (TPSA) is 88.5 Å². The number of nitrogens with zero attached hydrogens (tertiary/aromatic N) is 1. The molecule has 0 radical (unpaired) electrons. The van der Waals surface area contributed by atoms with E-state index in [1.807, 2.05) is 6.92 Å². The van der Waals surface area contributed by atoms with Crippen molar-refractivity contribution in [3.8, 4) is 5.75 Å². The van der Waals surface area contributed by atoms with Crippen LogP contribution in [0.5, 0.6) is 5.75 Å². The molecule has 0 atom stereocenters. The highest BCUT2D eigenvalue weighted by molar-refractivity contribution is 7.91. The number of anilines is 1. The number of aliphatic hydroxyl groups is 1. The molecule has 1 heterocycles. The minimum atomic E-state index is -4.89. The lowest BCUT2D eigenvalue weighted by Crippen LogP contribution is -2.17. The van der Waals surface area contributed by atoms with E-state index in [1.54, 1.807) is 12.1 Å². The molecule has 0 saturated heterocycles. The molecule has 0 aliphatic carbocycles. The van der Waals surface area contributed by atoms with Gasteiger partial charge in [0.15, 0.2) is 0 Å². The summed E-state index contributed by atoms with van der Waals surface area (Å²) in [6.45, 7) is 2.23. The van der Waals surface area contributed by atoms with Gasteiger partial charge in [-0.15, -0.1) is 13.2 Å². The van der Waals surface area contributed by atoms with Gasteiger partial charge in [0.1, 0.15) is 10.6 Å². The molecule has 0 fully saturated rings. The molecule has 32 heavy (non-hydrogen) atoms. The Labute approximate surface area is 184 Å². The number of halogens is 3. The summed E-state index contributed by atoms with van der Waals surface area (Å²) in [6.07, 6.45) is -1.93. The van der Waals surface area contributed by atoms with Gasteiger partial charge in [-0.25, -0.2) is 8.42 Å². The lowest BCUT2D eigenvalue weighted by atomic mass is 10.1. The normalized spacial score (nSPS) is 12.2. The number of unbranched alkanes of at least 4 members (excludes halogenated alkanes) is 1. The first-order valence-corrected chi connectivity index (χ1v) is 11.5. The summed E-state index contributed by atoms with van der Waals surface area (Å²) in [7, 11) is -4.01.